The van der Waals surface area contributed by atoms with Gasteiger partial charge in [-0.1, -0.05) is 153 Å². The predicted octanol–water partition coefficient (Wildman–Crippen LogP) is 12.8. The Hall–Kier alpha value is -4.24. The Labute approximate surface area is 262 Å². The molecule has 0 unspecified atom stereocenters. The maximum atomic E-state index is 3.51. The van der Waals surface area contributed by atoms with E-state index in [4.69, 9.17) is 0 Å². The lowest BCUT2D eigenvalue weighted by Gasteiger charge is -2.11. The first-order valence-electron chi connectivity index (χ1n) is 14.0. The molecule has 0 heterocycles. The molecule has 200 valence electrons. The smallest absolute Gasteiger partial charge is 0.0175 e. The highest BCUT2D eigenvalue weighted by Crippen LogP contribution is 2.36. The largest absolute Gasteiger partial charge is 0.0616 e. The predicted molar refractivity (Wildman–Crippen MR) is 189 cm³/mol. The highest BCUT2D eigenvalue weighted by molar-refractivity contribution is 9.10. The third kappa shape index (κ3) is 5.13. The minimum absolute atomic E-state index is 1.11. The summed E-state index contributed by atoms with van der Waals surface area (Å²) in [6.45, 7) is 0. The van der Waals surface area contributed by atoms with Gasteiger partial charge in [0.1, 0.15) is 0 Å². The molecular formula is C40H26Br2. The molecule has 0 saturated heterocycles. The van der Waals surface area contributed by atoms with Gasteiger partial charge in [0, 0.05) is 8.95 Å². The van der Waals surface area contributed by atoms with E-state index in [0.29, 0.717) is 0 Å². The van der Waals surface area contributed by atoms with Crippen LogP contribution in [0.5, 0.6) is 0 Å². The van der Waals surface area contributed by atoms with Crippen LogP contribution >= 0.6 is 31.9 Å². The number of benzene rings is 8. The van der Waals surface area contributed by atoms with E-state index in [0.717, 1.165) is 8.95 Å². The van der Waals surface area contributed by atoms with E-state index in [2.05, 4.69) is 190 Å². The number of hydrogen-bond donors (Lipinski definition) is 0. The summed E-state index contributed by atoms with van der Waals surface area (Å²) in [4.78, 5) is 0. The topological polar surface area (TPSA) is 0 Å². The zero-order valence-electron chi connectivity index (χ0n) is 22.8. The first kappa shape index (κ1) is 26.6. The van der Waals surface area contributed by atoms with Crippen molar-refractivity contribution in [1.29, 1.82) is 0 Å². The summed E-state index contributed by atoms with van der Waals surface area (Å²) < 4.78 is 2.22. The van der Waals surface area contributed by atoms with Crippen LogP contribution in [0.2, 0.25) is 0 Å². The second-order valence-corrected chi connectivity index (χ2v) is 12.2. The van der Waals surface area contributed by atoms with Crippen molar-refractivity contribution in [3.63, 3.8) is 0 Å². The van der Waals surface area contributed by atoms with E-state index < -0.39 is 0 Å². The molecule has 0 aliphatic rings. The van der Waals surface area contributed by atoms with Crippen molar-refractivity contribution in [3.8, 4) is 22.3 Å². The minimum atomic E-state index is 1.11. The highest BCUT2D eigenvalue weighted by Gasteiger charge is 2.09. The van der Waals surface area contributed by atoms with Crippen molar-refractivity contribution in [2.24, 2.45) is 0 Å². The Bertz CT molecular complexity index is 2030. The summed E-state index contributed by atoms with van der Waals surface area (Å²) in [5.41, 5.74) is 5.08. The molecule has 8 rings (SSSR count). The monoisotopic (exact) mass is 664 g/mol. The summed E-state index contributed by atoms with van der Waals surface area (Å²) in [5, 5.41) is 10.4. The Balaban J connectivity index is 0.000000137. The van der Waals surface area contributed by atoms with Crippen LogP contribution in [0.15, 0.2) is 167 Å². The van der Waals surface area contributed by atoms with Gasteiger partial charge in [0.15, 0.2) is 0 Å². The molecule has 0 fully saturated rings. The van der Waals surface area contributed by atoms with E-state index in [9.17, 15) is 0 Å². The first-order chi connectivity index (χ1) is 20.7. The SMILES string of the molecule is Brc1ccc(-c2cc3ccccc3c3ccccc23)cc1.Brc1ccc(-c2cc3ccccc3c3ccccc23)cc1. The van der Waals surface area contributed by atoms with Gasteiger partial charge in [-0.3, -0.25) is 0 Å². The van der Waals surface area contributed by atoms with Crippen LogP contribution in [-0.4, -0.2) is 0 Å². The molecule has 42 heavy (non-hydrogen) atoms. The van der Waals surface area contributed by atoms with Crippen LogP contribution in [0.3, 0.4) is 0 Å². The van der Waals surface area contributed by atoms with Crippen LogP contribution in [0.4, 0.5) is 0 Å². The van der Waals surface area contributed by atoms with Crippen LogP contribution in [-0.2, 0) is 0 Å². The molecule has 0 atom stereocenters. The third-order valence-electron chi connectivity index (χ3n) is 7.85. The van der Waals surface area contributed by atoms with Crippen molar-refractivity contribution >= 4 is 74.9 Å². The molecule has 0 bridgehead atoms. The Morgan fingerprint density at radius 1 is 0.286 bits per heavy atom. The molecule has 0 saturated carbocycles. The van der Waals surface area contributed by atoms with Crippen LogP contribution in [0, 0.1) is 0 Å². The molecule has 0 aliphatic heterocycles. The summed E-state index contributed by atoms with van der Waals surface area (Å²) >= 11 is 7.02. The molecule has 0 radical (unpaired) electrons. The number of halogens is 2. The maximum absolute atomic E-state index is 3.51. The van der Waals surface area contributed by atoms with Gasteiger partial charge in [-0.2, -0.15) is 0 Å². The Morgan fingerprint density at radius 3 is 0.976 bits per heavy atom. The van der Waals surface area contributed by atoms with Gasteiger partial charge < -0.3 is 0 Å². The molecule has 2 heteroatoms. The van der Waals surface area contributed by atoms with E-state index in [1.807, 2.05) is 0 Å². The summed E-state index contributed by atoms with van der Waals surface area (Å²) in [5.74, 6) is 0. The number of hydrogen-bond acceptors (Lipinski definition) is 0. The molecule has 0 aliphatic carbocycles. The average Bonchev–Trinajstić information content (AvgIpc) is 3.05. The zero-order valence-corrected chi connectivity index (χ0v) is 25.9. The van der Waals surface area contributed by atoms with Crippen molar-refractivity contribution in [3.05, 3.63) is 167 Å². The van der Waals surface area contributed by atoms with Crippen LogP contribution < -0.4 is 0 Å². The number of rotatable bonds is 2. The molecule has 0 aromatic heterocycles. The van der Waals surface area contributed by atoms with Crippen molar-refractivity contribution < 1.29 is 0 Å². The molecule has 0 amide bonds. The Morgan fingerprint density at radius 2 is 0.595 bits per heavy atom. The van der Waals surface area contributed by atoms with Crippen molar-refractivity contribution in [2.45, 2.75) is 0 Å². The summed E-state index contributed by atoms with van der Waals surface area (Å²) in [6, 6.07) is 56.1. The summed E-state index contributed by atoms with van der Waals surface area (Å²) in [6.07, 6.45) is 0. The fourth-order valence-corrected chi connectivity index (χ4v) is 6.37. The van der Waals surface area contributed by atoms with Gasteiger partial charge in [0.2, 0.25) is 0 Å². The maximum Gasteiger partial charge on any atom is 0.0175 e. The standard InChI is InChI=1S/2C20H13Br/c2*21-16-11-9-14(10-12-16)20-13-15-5-1-2-6-17(15)18-7-3-4-8-19(18)20/h2*1-13H. The number of fused-ring (bicyclic) bond motifs is 6. The first-order valence-corrected chi connectivity index (χ1v) is 15.6. The van der Waals surface area contributed by atoms with Gasteiger partial charge in [-0.05, 0) is 102 Å². The van der Waals surface area contributed by atoms with E-state index in [1.165, 1.54) is 65.3 Å². The summed E-state index contributed by atoms with van der Waals surface area (Å²) in [7, 11) is 0. The lowest BCUT2D eigenvalue weighted by Crippen LogP contribution is -1.84. The average molecular weight is 666 g/mol. The van der Waals surface area contributed by atoms with E-state index in [1.54, 1.807) is 0 Å². The molecule has 0 nitrogen and oxygen atoms in total. The normalized spacial score (nSPS) is 11.1. The second-order valence-electron chi connectivity index (χ2n) is 10.4. The molecule has 8 aromatic rings. The fraction of sp³-hybridized carbons (Fsp3) is 0. The molecule has 8 aromatic carbocycles. The van der Waals surface area contributed by atoms with Crippen LogP contribution in [0.25, 0.3) is 65.3 Å². The van der Waals surface area contributed by atoms with Crippen molar-refractivity contribution in [1.82, 2.24) is 0 Å². The lowest BCUT2D eigenvalue weighted by atomic mass is 9.93. The molecule has 0 N–H and O–H groups in total. The van der Waals surface area contributed by atoms with Crippen molar-refractivity contribution in [2.75, 3.05) is 0 Å². The van der Waals surface area contributed by atoms with Crippen LogP contribution in [0.1, 0.15) is 0 Å². The highest BCUT2D eigenvalue weighted by atomic mass is 79.9. The second kappa shape index (κ2) is 11.6. The van der Waals surface area contributed by atoms with Gasteiger partial charge in [0.05, 0.1) is 0 Å². The molecule has 0 spiro atoms. The van der Waals surface area contributed by atoms with Gasteiger partial charge in [0.25, 0.3) is 0 Å². The Kier molecular flexibility index (Phi) is 7.34. The van der Waals surface area contributed by atoms with E-state index in [-0.39, 0.29) is 0 Å². The molecular weight excluding hydrogens is 640 g/mol. The van der Waals surface area contributed by atoms with Gasteiger partial charge >= 0.3 is 0 Å². The quantitative estimate of drug-likeness (QED) is 0.161. The van der Waals surface area contributed by atoms with Gasteiger partial charge in [-0.25, -0.2) is 0 Å². The van der Waals surface area contributed by atoms with Gasteiger partial charge in [-0.15, -0.1) is 0 Å². The minimum Gasteiger partial charge on any atom is -0.0616 e. The fourth-order valence-electron chi connectivity index (χ4n) is 5.85. The van der Waals surface area contributed by atoms with E-state index >= 15 is 0 Å². The third-order valence-corrected chi connectivity index (χ3v) is 8.90. The zero-order chi connectivity index (χ0) is 28.5. The lowest BCUT2D eigenvalue weighted by molar-refractivity contribution is 1.63.